The number of allylic oxidation sites excluding steroid dienone is 2. The van der Waals surface area contributed by atoms with E-state index in [4.69, 9.17) is 4.74 Å². The lowest BCUT2D eigenvalue weighted by molar-refractivity contribution is 0.00790. The van der Waals surface area contributed by atoms with Crippen molar-refractivity contribution in [3.8, 4) is 0 Å². The molecule has 2 aliphatic rings. The molecule has 0 aromatic heterocycles. The summed E-state index contributed by atoms with van der Waals surface area (Å²) < 4.78 is 5.70. The van der Waals surface area contributed by atoms with Gasteiger partial charge < -0.3 is 20.3 Å². The predicted octanol–water partition coefficient (Wildman–Crippen LogP) is 1.86. The summed E-state index contributed by atoms with van der Waals surface area (Å²) in [6.07, 6.45) is 10.5. The number of hydrogen-bond donors (Lipinski definition) is 3. The molecule has 3 atom stereocenters. The lowest BCUT2D eigenvalue weighted by Crippen LogP contribution is -2.49. The molecule has 21 heavy (non-hydrogen) atoms. The Bertz CT molecular complexity index is 326. The Balaban J connectivity index is 1.61. The minimum Gasteiger partial charge on any atom is -0.394 e. The molecule has 122 valence electrons. The van der Waals surface area contributed by atoms with E-state index >= 15 is 0 Å². The quantitative estimate of drug-likeness (QED) is 0.599. The van der Waals surface area contributed by atoms with E-state index in [-0.39, 0.29) is 12.1 Å². The van der Waals surface area contributed by atoms with E-state index in [0.29, 0.717) is 25.0 Å². The fourth-order valence-electron chi connectivity index (χ4n) is 3.43. The van der Waals surface area contributed by atoms with Crippen LogP contribution in [0.2, 0.25) is 0 Å². The van der Waals surface area contributed by atoms with Gasteiger partial charge in [0, 0.05) is 12.1 Å². The lowest BCUT2D eigenvalue weighted by atomic mass is 9.85. The topological polar surface area (TPSA) is 61.7 Å². The van der Waals surface area contributed by atoms with Gasteiger partial charge in [0.2, 0.25) is 0 Å². The fourth-order valence-corrected chi connectivity index (χ4v) is 3.43. The zero-order valence-electron chi connectivity index (χ0n) is 13.3. The van der Waals surface area contributed by atoms with E-state index in [0.717, 1.165) is 45.1 Å². The molecule has 4 nitrogen and oxygen atoms in total. The molecular formula is C17H31NO3. The van der Waals surface area contributed by atoms with Gasteiger partial charge in [0.05, 0.1) is 25.9 Å². The van der Waals surface area contributed by atoms with Gasteiger partial charge in [-0.2, -0.15) is 0 Å². The van der Waals surface area contributed by atoms with Crippen LogP contribution < -0.4 is 5.32 Å². The van der Waals surface area contributed by atoms with Gasteiger partial charge in [0.25, 0.3) is 0 Å². The van der Waals surface area contributed by atoms with E-state index in [9.17, 15) is 10.2 Å². The smallest absolute Gasteiger partial charge is 0.0897 e. The van der Waals surface area contributed by atoms with Gasteiger partial charge in [-0.15, -0.1) is 0 Å². The van der Waals surface area contributed by atoms with Crippen LogP contribution in [0.25, 0.3) is 0 Å². The molecule has 0 saturated heterocycles. The molecule has 3 unspecified atom stereocenters. The van der Waals surface area contributed by atoms with Crippen molar-refractivity contribution in [3.63, 3.8) is 0 Å². The molecule has 0 amide bonds. The van der Waals surface area contributed by atoms with Crippen LogP contribution in [0, 0.1) is 11.8 Å². The second kappa shape index (κ2) is 8.28. The summed E-state index contributed by atoms with van der Waals surface area (Å²) in [7, 11) is 0. The first-order chi connectivity index (χ1) is 10.2. The number of aliphatic hydroxyl groups is 2. The second-order valence-electron chi connectivity index (χ2n) is 6.90. The summed E-state index contributed by atoms with van der Waals surface area (Å²) in [6.45, 7) is 4.03. The summed E-state index contributed by atoms with van der Waals surface area (Å²) in [5.41, 5.74) is -0.163. The Kier molecular flexibility index (Phi) is 6.68. The van der Waals surface area contributed by atoms with Crippen LogP contribution in [-0.4, -0.2) is 48.2 Å². The Labute approximate surface area is 128 Å². The van der Waals surface area contributed by atoms with Gasteiger partial charge in [-0.05, 0) is 37.5 Å². The number of aliphatic hydroxyl groups excluding tert-OH is 2. The maximum Gasteiger partial charge on any atom is 0.0897 e. The molecule has 2 rings (SSSR count). The number of ether oxygens (including phenoxy) is 1. The second-order valence-corrected chi connectivity index (χ2v) is 6.90. The van der Waals surface area contributed by atoms with Gasteiger partial charge in [0.1, 0.15) is 0 Å². The number of β-amino-alcohol motifs (C(OH)–C–C–N with tert-alkyl or cyclic N) is 1. The van der Waals surface area contributed by atoms with E-state index in [1.54, 1.807) is 0 Å². The molecule has 3 N–H and O–H groups in total. The highest BCUT2D eigenvalue weighted by Gasteiger charge is 2.32. The van der Waals surface area contributed by atoms with Crippen LogP contribution in [0.1, 0.15) is 45.4 Å². The molecule has 0 bridgehead atoms. The molecule has 0 aromatic carbocycles. The third kappa shape index (κ3) is 5.06. The summed E-state index contributed by atoms with van der Waals surface area (Å²) >= 11 is 0. The molecule has 0 aromatic rings. The van der Waals surface area contributed by atoms with Gasteiger partial charge in [-0.3, -0.25) is 0 Å². The summed E-state index contributed by atoms with van der Waals surface area (Å²) in [5.74, 6) is 1.25. The van der Waals surface area contributed by atoms with Crippen LogP contribution in [0.15, 0.2) is 12.2 Å². The van der Waals surface area contributed by atoms with Gasteiger partial charge in [-0.25, -0.2) is 0 Å². The molecule has 2 aliphatic carbocycles. The predicted molar refractivity (Wildman–Crippen MR) is 84.1 cm³/mol. The van der Waals surface area contributed by atoms with Gasteiger partial charge >= 0.3 is 0 Å². The molecule has 0 heterocycles. The average Bonchev–Trinajstić information content (AvgIpc) is 2.97. The minimum absolute atomic E-state index is 0.159. The van der Waals surface area contributed by atoms with Crippen molar-refractivity contribution in [2.24, 2.45) is 11.8 Å². The Morgan fingerprint density at radius 2 is 2.00 bits per heavy atom. The van der Waals surface area contributed by atoms with E-state index in [2.05, 4.69) is 24.4 Å². The van der Waals surface area contributed by atoms with Crippen molar-refractivity contribution < 1.29 is 14.9 Å². The van der Waals surface area contributed by atoms with Crippen molar-refractivity contribution in [2.45, 2.75) is 57.1 Å². The zero-order chi connectivity index (χ0) is 15.1. The van der Waals surface area contributed by atoms with E-state index in [1.165, 1.54) is 0 Å². The highest BCUT2D eigenvalue weighted by atomic mass is 16.5. The van der Waals surface area contributed by atoms with Crippen LogP contribution in [0.5, 0.6) is 0 Å². The third-order valence-corrected chi connectivity index (χ3v) is 5.14. The Hall–Kier alpha value is -0.420. The van der Waals surface area contributed by atoms with Crippen molar-refractivity contribution >= 4 is 0 Å². The minimum atomic E-state index is -0.497. The van der Waals surface area contributed by atoms with E-state index < -0.39 is 6.10 Å². The maximum atomic E-state index is 10.0. The summed E-state index contributed by atoms with van der Waals surface area (Å²) in [4.78, 5) is 0. The normalized spacial score (nSPS) is 29.7. The molecule has 0 spiro atoms. The number of rotatable bonds is 8. The zero-order valence-corrected chi connectivity index (χ0v) is 13.3. The molecule has 0 aliphatic heterocycles. The van der Waals surface area contributed by atoms with Gasteiger partial charge in [0.15, 0.2) is 0 Å². The molecular weight excluding hydrogens is 266 g/mol. The highest BCUT2D eigenvalue weighted by Crippen LogP contribution is 2.29. The largest absolute Gasteiger partial charge is 0.394 e. The summed E-state index contributed by atoms with van der Waals surface area (Å²) in [5, 5.41) is 22.9. The molecule has 4 heteroatoms. The van der Waals surface area contributed by atoms with Gasteiger partial charge in [-0.1, -0.05) is 31.9 Å². The molecule has 0 radical (unpaired) electrons. The summed E-state index contributed by atoms with van der Waals surface area (Å²) in [6, 6.07) is 0. The fraction of sp³-hybridized carbons (Fsp3) is 0.882. The molecule has 1 fully saturated rings. The van der Waals surface area contributed by atoms with Crippen LogP contribution >= 0.6 is 0 Å². The van der Waals surface area contributed by atoms with Crippen molar-refractivity contribution in [2.75, 3.05) is 26.4 Å². The third-order valence-electron chi connectivity index (χ3n) is 5.14. The van der Waals surface area contributed by atoms with Crippen molar-refractivity contribution in [1.29, 1.82) is 0 Å². The van der Waals surface area contributed by atoms with E-state index in [1.807, 2.05) is 0 Å². The number of nitrogens with one attached hydrogen (secondary N) is 1. The highest BCUT2D eigenvalue weighted by molar-refractivity contribution is 4.94. The maximum absolute atomic E-state index is 10.0. The number of hydrogen-bond acceptors (Lipinski definition) is 4. The first-order valence-electron chi connectivity index (χ1n) is 8.42. The van der Waals surface area contributed by atoms with Crippen LogP contribution in [-0.2, 0) is 4.74 Å². The Morgan fingerprint density at radius 3 is 2.67 bits per heavy atom. The monoisotopic (exact) mass is 297 g/mol. The SMILES string of the molecule is CC1CC=CCC1COCC(O)CNC1(CO)CCCC1. The van der Waals surface area contributed by atoms with Crippen molar-refractivity contribution in [3.05, 3.63) is 12.2 Å². The standard InChI is InChI=1S/C17H31NO3/c1-14-6-2-3-7-15(14)11-21-12-16(20)10-18-17(13-19)8-4-5-9-17/h2-3,14-16,18-20H,4-13H2,1H3. The van der Waals surface area contributed by atoms with Crippen LogP contribution in [0.4, 0.5) is 0 Å². The van der Waals surface area contributed by atoms with Crippen LogP contribution in [0.3, 0.4) is 0 Å². The lowest BCUT2D eigenvalue weighted by Gasteiger charge is -2.30. The first kappa shape index (κ1) is 16.9. The Morgan fingerprint density at radius 1 is 1.29 bits per heavy atom. The molecule has 1 saturated carbocycles. The average molecular weight is 297 g/mol. The first-order valence-corrected chi connectivity index (χ1v) is 8.42. The van der Waals surface area contributed by atoms with Crippen molar-refractivity contribution in [1.82, 2.24) is 5.32 Å².